The molecular formula is C12H13BrN2O3. The van der Waals surface area contributed by atoms with Crippen LogP contribution in [-0.2, 0) is 9.53 Å². The largest absolute Gasteiger partial charge is 0.448 e. The Morgan fingerprint density at radius 2 is 2.33 bits per heavy atom. The molecule has 2 rings (SSSR count). The second kappa shape index (κ2) is 5.86. The Kier molecular flexibility index (Phi) is 4.19. The van der Waals surface area contributed by atoms with Crippen LogP contribution in [0, 0.1) is 0 Å². The maximum atomic E-state index is 11.7. The summed E-state index contributed by atoms with van der Waals surface area (Å²) in [6.45, 7) is 1.35. The summed E-state index contributed by atoms with van der Waals surface area (Å²) in [6.07, 6.45) is -0.0769. The quantitative estimate of drug-likeness (QED) is 0.927. The monoisotopic (exact) mass is 312 g/mol. The highest BCUT2D eigenvalue weighted by atomic mass is 79.9. The van der Waals surface area contributed by atoms with Crippen molar-refractivity contribution in [3.05, 3.63) is 28.7 Å². The Labute approximate surface area is 113 Å². The average Bonchev–Trinajstić information content (AvgIpc) is 2.72. The van der Waals surface area contributed by atoms with Gasteiger partial charge in [-0.2, -0.15) is 0 Å². The number of cyclic esters (lactones) is 1. The van der Waals surface area contributed by atoms with E-state index in [4.69, 9.17) is 4.74 Å². The smallest absolute Gasteiger partial charge is 0.409 e. The van der Waals surface area contributed by atoms with E-state index >= 15 is 0 Å². The Hall–Kier alpha value is -1.56. The first-order valence-electron chi connectivity index (χ1n) is 5.62. The van der Waals surface area contributed by atoms with Gasteiger partial charge in [0.05, 0.1) is 6.54 Å². The first kappa shape index (κ1) is 12.9. The van der Waals surface area contributed by atoms with Crippen LogP contribution in [-0.4, -0.2) is 36.6 Å². The zero-order chi connectivity index (χ0) is 13.0. The third-order valence-corrected chi connectivity index (χ3v) is 3.06. The number of anilines is 1. The Bertz CT molecular complexity index is 464. The number of ether oxygens (including phenoxy) is 1. The molecule has 1 saturated heterocycles. The number of carbonyl (C=O) groups excluding carboxylic acids is 2. The molecule has 0 atom stereocenters. The molecule has 1 aliphatic rings. The number of rotatable bonds is 4. The highest BCUT2D eigenvalue weighted by Crippen LogP contribution is 2.15. The number of nitrogens with zero attached hydrogens (tertiary/aromatic N) is 1. The Morgan fingerprint density at radius 1 is 1.50 bits per heavy atom. The number of hydrogen-bond acceptors (Lipinski definition) is 3. The highest BCUT2D eigenvalue weighted by molar-refractivity contribution is 9.10. The molecule has 0 radical (unpaired) electrons. The van der Waals surface area contributed by atoms with Gasteiger partial charge in [0.25, 0.3) is 0 Å². The van der Waals surface area contributed by atoms with E-state index in [0.717, 1.165) is 10.2 Å². The number of halogens is 1. The van der Waals surface area contributed by atoms with Crippen molar-refractivity contribution in [3.8, 4) is 0 Å². The van der Waals surface area contributed by atoms with Gasteiger partial charge in [-0.1, -0.05) is 22.0 Å². The van der Waals surface area contributed by atoms with Crippen LogP contribution in [0.1, 0.15) is 6.42 Å². The van der Waals surface area contributed by atoms with Crippen LogP contribution >= 0.6 is 15.9 Å². The third-order valence-electron chi connectivity index (χ3n) is 2.56. The summed E-state index contributed by atoms with van der Waals surface area (Å²) in [5.41, 5.74) is 0.735. The molecule has 0 aromatic heterocycles. The molecule has 0 aliphatic carbocycles. The number of nitrogens with one attached hydrogen (secondary N) is 1. The van der Waals surface area contributed by atoms with Gasteiger partial charge >= 0.3 is 6.09 Å². The van der Waals surface area contributed by atoms with Crippen molar-refractivity contribution in [1.29, 1.82) is 0 Å². The molecule has 0 spiro atoms. The lowest BCUT2D eigenvalue weighted by Crippen LogP contribution is -2.28. The van der Waals surface area contributed by atoms with Crippen molar-refractivity contribution < 1.29 is 14.3 Å². The van der Waals surface area contributed by atoms with Gasteiger partial charge in [-0.05, 0) is 18.2 Å². The molecule has 1 N–H and O–H groups in total. The predicted octanol–water partition coefficient (Wildman–Crippen LogP) is 2.23. The zero-order valence-electron chi connectivity index (χ0n) is 9.69. The van der Waals surface area contributed by atoms with E-state index in [1.165, 1.54) is 4.90 Å². The summed E-state index contributed by atoms with van der Waals surface area (Å²) in [5, 5.41) is 2.77. The minimum Gasteiger partial charge on any atom is -0.448 e. The Balaban J connectivity index is 1.80. The van der Waals surface area contributed by atoms with Gasteiger partial charge in [-0.25, -0.2) is 4.79 Å². The fourth-order valence-electron chi connectivity index (χ4n) is 1.66. The van der Waals surface area contributed by atoms with Crippen LogP contribution in [0.2, 0.25) is 0 Å². The fraction of sp³-hybridized carbons (Fsp3) is 0.333. The van der Waals surface area contributed by atoms with Gasteiger partial charge in [0.15, 0.2) is 0 Å². The summed E-state index contributed by atoms with van der Waals surface area (Å²) in [6, 6.07) is 7.36. The van der Waals surface area contributed by atoms with E-state index in [1.807, 2.05) is 24.3 Å². The number of amides is 2. The topological polar surface area (TPSA) is 58.6 Å². The molecule has 5 nitrogen and oxygen atoms in total. The van der Waals surface area contributed by atoms with Crippen LogP contribution in [0.5, 0.6) is 0 Å². The lowest BCUT2D eigenvalue weighted by atomic mass is 10.3. The van der Waals surface area contributed by atoms with Crippen molar-refractivity contribution in [1.82, 2.24) is 4.90 Å². The lowest BCUT2D eigenvalue weighted by Gasteiger charge is -2.12. The molecule has 1 aromatic rings. The zero-order valence-corrected chi connectivity index (χ0v) is 11.3. The van der Waals surface area contributed by atoms with Crippen molar-refractivity contribution in [2.45, 2.75) is 6.42 Å². The highest BCUT2D eigenvalue weighted by Gasteiger charge is 2.21. The van der Waals surface area contributed by atoms with Gasteiger partial charge in [0.1, 0.15) is 6.61 Å². The first-order chi connectivity index (χ1) is 8.65. The summed E-state index contributed by atoms with van der Waals surface area (Å²) in [5.74, 6) is -0.118. The molecule has 0 unspecified atom stereocenters. The van der Waals surface area contributed by atoms with Gasteiger partial charge < -0.3 is 15.0 Å². The van der Waals surface area contributed by atoms with E-state index in [9.17, 15) is 9.59 Å². The van der Waals surface area contributed by atoms with Gasteiger partial charge in [0.2, 0.25) is 5.91 Å². The molecule has 96 valence electrons. The fourth-order valence-corrected chi connectivity index (χ4v) is 2.05. The van der Waals surface area contributed by atoms with Gasteiger partial charge in [0, 0.05) is 23.1 Å². The third kappa shape index (κ3) is 3.46. The first-order valence-corrected chi connectivity index (χ1v) is 6.41. The van der Waals surface area contributed by atoms with Crippen molar-refractivity contribution >= 4 is 33.6 Å². The van der Waals surface area contributed by atoms with Crippen molar-refractivity contribution in [3.63, 3.8) is 0 Å². The second-order valence-corrected chi connectivity index (χ2v) is 4.83. The van der Waals surface area contributed by atoms with Gasteiger partial charge in [-0.15, -0.1) is 0 Å². The molecule has 1 fully saturated rings. The van der Waals surface area contributed by atoms with Crippen molar-refractivity contribution in [2.24, 2.45) is 0 Å². The minimum absolute atomic E-state index is 0.118. The number of hydrogen-bond donors (Lipinski definition) is 1. The molecule has 1 aromatic carbocycles. The molecule has 6 heteroatoms. The number of carbonyl (C=O) groups is 2. The maximum Gasteiger partial charge on any atom is 0.409 e. The molecule has 2 amide bonds. The summed E-state index contributed by atoms with van der Waals surface area (Å²) in [4.78, 5) is 24.4. The Morgan fingerprint density at radius 3 is 3.00 bits per heavy atom. The van der Waals surface area contributed by atoms with Crippen molar-refractivity contribution in [2.75, 3.05) is 25.0 Å². The predicted molar refractivity (Wildman–Crippen MR) is 70.3 cm³/mol. The van der Waals surface area contributed by atoms with Gasteiger partial charge in [-0.3, -0.25) is 4.79 Å². The average molecular weight is 313 g/mol. The molecule has 0 saturated carbocycles. The molecular weight excluding hydrogens is 300 g/mol. The summed E-state index contributed by atoms with van der Waals surface area (Å²) < 4.78 is 5.69. The lowest BCUT2D eigenvalue weighted by molar-refractivity contribution is -0.116. The standard InChI is InChI=1S/C12H13BrN2O3/c13-9-2-1-3-10(8-9)14-11(16)4-5-15-6-7-18-12(15)17/h1-3,8H,4-7H2,(H,14,16). The normalized spacial score (nSPS) is 14.5. The second-order valence-electron chi connectivity index (χ2n) is 3.91. The van der Waals surface area contributed by atoms with E-state index in [1.54, 1.807) is 0 Å². The minimum atomic E-state index is -0.342. The maximum absolute atomic E-state index is 11.7. The molecule has 1 heterocycles. The number of benzene rings is 1. The van der Waals surface area contributed by atoms with E-state index in [-0.39, 0.29) is 18.4 Å². The molecule has 18 heavy (non-hydrogen) atoms. The van der Waals surface area contributed by atoms with Crippen LogP contribution in [0.4, 0.5) is 10.5 Å². The summed E-state index contributed by atoms with van der Waals surface area (Å²) >= 11 is 3.33. The van der Waals surface area contributed by atoms with Crippen LogP contribution < -0.4 is 5.32 Å². The van der Waals surface area contributed by atoms with Crippen LogP contribution in [0.3, 0.4) is 0 Å². The molecule has 1 aliphatic heterocycles. The van der Waals surface area contributed by atoms with Crippen LogP contribution in [0.15, 0.2) is 28.7 Å². The van der Waals surface area contributed by atoms with E-state index < -0.39 is 0 Å². The molecule has 0 bridgehead atoms. The van der Waals surface area contributed by atoms with E-state index in [0.29, 0.717) is 19.7 Å². The van der Waals surface area contributed by atoms with E-state index in [2.05, 4.69) is 21.2 Å². The van der Waals surface area contributed by atoms with Crippen LogP contribution in [0.25, 0.3) is 0 Å². The summed E-state index contributed by atoms with van der Waals surface area (Å²) in [7, 11) is 0. The SMILES string of the molecule is O=C(CCN1CCOC1=O)Nc1cccc(Br)c1.